The van der Waals surface area contributed by atoms with Gasteiger partial charge in [-0.2, -0.15) is 0 Å². The molecule has 1 fully saturated rings. The SMILES string of the molecule is COc1cc2nc(Nc3cccc(Cl)c3F)ncc2cc1CNC(=O)[C@@H]1CCNC1. The van der Waals surface area contributed by atoms with Crippen molar-refractivity contribution in [3.63, 3.8) is 0 Å². The molecule has 156 valence electrons. The number of hydrogen-bond donors (Lipinski definition) is 3. The van der Waals surface area contributed by atoms with E-state index < -0.39 is 5.82 Å². The molecule has 3 N–H and O–H groups in total. The number of carbonyl (C=O) groups is 1. The highest BCUT2D eigenvalue weighted by atomic mass is 35.5. The molecule has 1 atom stereocenters. The van der Waals surface area contributed by atoms with Crippen molar-refractivity contribution in [2.24, 2.45) is 5.92 Å². The van der Waals surface area contributed by atoms with Crippen LogP contribution in [0.5, 0.6) is 5.75 Å². The molecule has 0 saturated carbocycles. The summed E-state index contributed by atoms with van der Waals surface area (Å²) in [6.45, 7) is 1.92. The quantitative estimate of drug-likeness (QED) is 0.556. The second kappa shape index (κ2) is 8.81. The van der Waals surface area contributed by atoms with Crippen LogP contribution in [0.4, 0.5) is 16.0 Å². The third-order valence-electron chi connectivity index (χ3n) is 5.06. The van der Waals surface area contributed by atoms with Gasteiger partial charge in [-0.1, -0.05) is 17.7 Å². The predicted molar refractivity (Wildman–Crippen MR) is 114 cm³/mol. The second-order valence-corrected chi connectivity index (χ2v) is 7.46. The Morgan fingerprint density at radius 1 is 1.40 bits per heavy atom. The topological polar surface area (TPSA) is 88.2 Å². The number of carbonyl (C=O) groups excluding carboxylic acids is 1. The van der Waals surface area contributed by atoms with Crippen LogP contribution >= 0.6 is 11.6 Å². The molecule has 1 saturated heterocycles. The van der Waals surface area contributed by atoms with E-state index in [0.29, 0.717) is 24.4 Å². The number of fused-ring (bicyclic) bond motifs is 1. The molecular formula is C21H21ClFN5O2. The van der Waals surface area contributed by atoms with Gasteiger partial charge in [0.05, 0.1) is 29.3 Å². The molecule has 30 heavy (non-hydrogen) atoms. The largest absolute Gasteiger partial charge is 0.496 e. The van der Waals surface area contributed by atoms with Gasteiger partial charge in [0, 0.05) is 36.3 Å². The summed E-state index contributed by atoms with van der Waals surface area (Å²) in [5, 5.41) is 9.79. The number of anilines is 2. The number of benzene rings is 2. The zero-order valence-corrected chi connectivity index (χ0v) is 17.1. The Labute approximate surface area is 178 Å². The van der Waals surface area contributed by atoms with E-state index in [1.54, 1.807) is 31.5 Å². The minimum atomic E-state index is -0.566. The fourth-order valence-corrected chi connectivity index (χ4v) is 3.60. The minimum Gasteiger partial charge on any atom is -0.496 e. The number of aromatic nitrogens is 2. The van der Waals surface area contributed by atoms with Gasteiger partial charge in [-0.15, -0.1) is 0 Å². The summed E-state index contributed by atoms with van der Waals surface area (Å²) in [5.74, 6) is 0.303. The Hall–Kier alpha value is -2.97. The molecule has 3 aromatic rings. The molecule has 0 bridgehead atoms. The summed E-state index contributed by atoms with van der Waals surface area (Å²) in [5.41, 5.74) is 1.64. The molecule has 1 aromatic heterocycles. The molecule has 9 heteroatoms. The first kappa shape index (κ1) is 20.3. The Morgan fingerprint density at radius 3 is 3.03 bits per heavy atom. The molecule has 1 aliphatic rings. The summed E-state index contributed by atoms with van der Waals surface area (Å²) in [7, 11) is 1.56. The van der Waals surface area contributed by atoms with Crippen LogP contribution in [-0.4, -0.2) is 36.1 Å². The molecule has 0 aliphatic carbocycles. The Kier molecular flexibility index (Phi) is 5.96. The van der Waals surface area contributed by atoms with Crippen molar-refractivity contribution in [3.05, 3.63) is 52.9 Å². The highest BCUT2D eigenvalue weighted by molar-refractivity contribution is 6.31. The monoisotopic (exact) mass is 429 g/mol. The van der Waals surface area contributed by atoms with E-state index in [4.69, 9.17) is 16.3 Å². The molecule has 1 amide bonds. The van der Waals surface area contributed by atoms with E-state index in [1.165, 1.54) is 6.07 Å². The molecule has 0 spiro atoms. The van der Waals surface area contributed by atoms with Crippen LogP contribution in [0.2, 0.25) is 5.02 Å². The van der Waals surface area contributed by atoms with E-state index in [9.17, 15) is 9.18 Å². The van der Waals surface area contributed by atoms with Gasteiger partial charge in [0.2, 0.25) is 11.9 Å². The zero-order valence-electron chi connectivity index (χ0n) is 16.3. The van der Waals surface area contributed by atoms with Gasteiger partial charge in [0.15, 0.2) is 5.82 Å². The molecule has 2 heterocycles. The number of rotatable bonds is 6. The molecule has 0 radical (unpaired) electrons. The lowest BCUT2D eigenvalue weighted by atomic mass is 10.1. The number of hydrogen-bond acceptors (Lipinski definition) is 6. The fraction of sp³-hybridized carbons (Fsp3) is 0.286. The fourth-order valence-electron chi connectivity index (χ4n) is 3.42. The standard InChI is InChI=1S/C21H21ClFN5O2/c1-30-18-8-17-13(7-14(18)11-25-20(29)12-5-6-24-9-12)10-26-21(28-17)27-16-4-2-3-15(22)19(16)23/h2-4,7-8,10,12,24H,5-6,9,11H2,1H3,(H,25,29)(H,26,27,28)/t12-/m1/s1. The summed E-state index contributed by atoms with van der Waals surface area (Å²) in [6.07, 6.45) is 2.48. The van der Waals surface area contributed by atoms with Gasteiger partial charge in [-0.3, -0.25) is 4.79 Å². The molecule has 7 nitrogen and oxygen atoms in total. The molecule has 2 aromatic carbocycles. The first-order valence-corrected chi connectivity index (χ1v) is 9.96. The van der Waals surface area contributed by atoms with Gasteiger partial charge < -0.3 is 20.7 Å². The van der Waals surface area contributed by atoms with Gasteiger partial charge >= 0.3 is 0 Å². The van der Waals surface area contributed by atoms with Gasteiger partial charge in [-0.05, 0) is 31.2 Å². The van der Waals surface area contributed by atoms with Crippen molar-refractivity contribution in [2.45, 2.75) is 13.0 Å². The Bertz CT molecular complexity index is 1090. The van der Waals surface area contributed by atoms with Gasteiger partial charge in [0.25, 0.3) is 0 Å². The van der Waals surface area contributed by atoms with Crippen molar-refractivity contribution in [1.29, 1.82) is 0 Å². The van der Waals surface area contributed by atoms with Crippen LogP contribution in [0.1, 0.15) is 12.0 Å². The van der Waals surface area contributed by atoms with E-state index >= 15 is 0 Å². The highest BCUT2D eigenvalue weighted by Gasteiger charge is 2.22. The Balaban J connectivity index is 1.55. The normalized spacial score (nSPS) is 15.9. The van der Waals surface area contributed by atoms with Crippen molar-refractivity contribution >= 4 is 40.0 Å². The van der Waals surface area contributed by atoms with Crippen LogP contribution in [0.25, 0.3) is 10.9 Å². The van der Waals surface area contributed by atoms with Gasteiger partial charge in [-0.25, -0.2) is 14.4 Å². The smallest absolute Gasteiger partial charge is 0.227 e. The van der Waals surface area contributed by atoms with E-state index in [2.05, 4.69) is 25.9 Å². The van der Waals surface area contributed by atoms with Crippen molar-refractivity contribution in [2.75, 3.05) is 25.5 Å². The summed E-state index contributed by atoms with van der Waals surface area (Å²) >= 11 is 5.82. The summed E-state index contributed by atoms with van der Waals surface area (Å²) in [4.78, 5) is 21.0. The number of ether oxygens (including phenoxy) is 1. The summed E-state index contributed by atoms with van der Waals surface area (Å²) in [6, 6.07) is 8.32. The lowest BCUT2D eigenvalue weighted by molar-refractivity contribution is -0.124. The summed E-state index contributed by atoms with van der Waals surface area (Å²) < 4.78 is 19.6. The zero-order chi connectivity index (χ0) is 21.1. The molecule has 0 unspecified atom stereocenters. The second-order valence-electron chi connectivity index (χ2n) is 7.05. The van der Waals surface area contributed by atoms with E-state index in [0.717, 1.165) is 23.9 Å². The maximum Gasteiger partial charge on any atom is 0.227 e. The van der Waals surface area contributed by atoms with Crippen LogP contribution in [-0.2, 0) is 11.3 Å². The lowest BCUT2D eigenvalue weighted by Gasteiger charge is -2.14. The van der Waals surface area contributed by atoms with E-state index in [-0.39, 0.29) is 28.5 Å². The Morgan fingerprint density at radius 2 is 2.27 bits per heavy atom. The van der Waals surface area contributed by atoms with Crippen LogP contribution in [0.3, 0.4) is 0 Å². The minimum absolute atomic E-state index is 0.000280. The van der Waals surface area contributed by atoms with Gasteiger partial charge in [0.1, 0.15) is 5.75 Å². The van der Waals surface area contributed by atoms with E-state index in [1.807, 2.05) is 6.07 Å². The maximum atomic E-state index is 14.1. The number of halogens is 2. The van der Waals surface area contributed by atoms with Crippen LogP contribution in [0, 0.1) is 11.7 Å². The third-order valence-corrected chi connectivity index (χ3v) is 5.36. The van der Waals surface area contributed by atoms with Crippen molar-refractivity contribution in [1.82, 2.24) is 20.6 Å². The lowest BCUT2D eigenvalue weighted by Crippen LogP contribution is -2.31. The van der Waals surface area contributed by atoms with Crippen molar-refractivity contribution < 1.29 is 13.9 Å². The number of nitrogens with zero attached hydrogens (tertiary/aromatic N) is 2. The first-order chi connectivity index (χ1) is 14.5. The van der Waals surface area contributed by atoms with Crippen LogP contribution in [0.15, 0.2) is 36.5 Å². The van der Waals surface area contributed by atoms with Crippen molar-refractivity contribution in [3.8, 4) is 5.75 Å². The number of amides is 1. The predicted octanol–water partition coefficient (Wildman–Crippen LogP) is 3.40. The maximum absolute atomic E-state index is 14.1. The molecular weight excluding hydrogens is 409 g/mol. The molecule has 1 aliphatic heterocycles. The average molecular weight is 430 g/mol. The van der Waals surface area contributed by atoms with Crippen LogP contribution < -0.4 is 20.7 Å². The number of methoxy groups -OCH3 is 1. The first-order valence-electron chi connectivity index (χ1n) is 9.58. The third kappa shape index (κ3) is 4.29. The average Bonchev–Trinajstić information content (AvgIpc) is 3.29. The highest BCUT2D eigenvalue weighted by Crippen LogP contribution is 2.27. The number of nitrogens with one attached hydrogen (secondary N) is 3. The molecule has 4 rings (SSSR count).